The van der Waals surface area contributed by atoms with E-state index in [-0.39, 0.29) is 11.5 Å². The number of carboxylic acids is 1. The highest BCUT2D eigenvalue weighted by molar-refractivity contribution is 7.81. The van der Waals surface area contributed by atoms with Crippen LogP contribution in [-0.4, -0.2) is 31.2 Å². The normalized spacial score (nSPS) is 11.4. The van der Waals surface area contributed by atoms with Crippen LogP contribution in [-0.2, 0) is 15.2 Å². The first kappa shape index (κ1) is 14.0. The molecule has 1 aromatic carbocycles. The first-order valence-corrected chi connectivity index (χ1v) is 5.94. The molecule has 0 aromatic heterocycles. The Hall–Kier alpha value is -2.06. The second kappa shape index (κ2) is 5.52. The van der Waals surface area contributed by atoms with E-state index in [1.807, 2.05) is 0 Å². The van der Waals surface area contributed by atoms with E-state index in [9.17, 15) is 13.2 Å². The summed E-state index contributed by atoms with van der Waals surface area (Å²) in [5.41, 5.74) is 0.469. The molecule has 1 aromatic rings. The third-order valence-corrected chi connectivity index (χ3v) is 2.19. The van der Waals surface area contributed by atoms with Gasteiger partial charge in [-0.25, -0.2) is 4.79 Å². The topological polar surface area (TPSA) is 110 Å². The molecule has 0 heterocycles. The molecule has 0 spiro atoms. The molecule has 2 N–H and O–H groups in total. The predicted octanol–water partition coefficient (Wildman–Crippen LogP) is 0.975. The van der Waals surface area contributed by atoms with Gasteiger partial charge in [0.15, 0.2) is 11.5 Å². The van der Waals surface area contributed by atoms with Gasteiger partial charge in [-0.05, 0) is 23.8 Å². The molecule has 18 heavy (non-hydrogen) atoms. The number of benzene rings is 1. The summed E-state index contributed by atoms with van der Waals surface area (Å²) in [4.78, 5) is 10.3. The molecule has 0 aliphatic heterocycles. The number of carboxylic acid groups (broad SMARTS) is 1. The highest BCUT2D eigenvalue weighted by atomic mass is 32.3. The molecule has 0 saturated heterocycles. The quantitative estimate of drug-likeness (QED) is 0.608. The minimum atomic E-state index is -4.64. The first-order valence-electron chi connectivity index (χ1n) is 4.58. The summed E-state index contributed by atoms with van der Waals surface area (Å²) in [6, 6.07) is 4.00. The zero-order valence-electron chi connectivity index (χ0n) is 9.23. The van der Waals surface area contributed by atoms with Gasteiger partial charge in [-0.2, -0.15) is 8.42 Å². The molecule has 7 nitrogen and oxygen atoms in total. The highest BCUT2D eigenvalue weighted by Gasteiger charge is 2.12. The molecule has 0 saturated carbocycles. The Bertz CT molecular complexity index is 574. The van der Waals surface area contributed by atoms with Crippen molar-refractivity contribution in [2.75, 3.05) is 7.11 Å². The minimum Gasteiger partial charge on any atom is -0.493 e. The first-order chi connectivity index (χ1) is 8.31. The van der Waals surface area contributed by atoms with Crippen molar-refractivity contribution in [3.05, 3.63) is 29.8 Å². The second-order valence-corrected chi connectivity index (χ2v) is 4.12. The molecule has 0 radical (unpaired) electrons. The van der Waals surface area contributed by atoms with Gasteiger partial charge in [-0.1, -0.05) is 6.07 Å². The van der Waals surface area contributed by atoms with Crippen LogP contribution >= 0.6 is 0 Å². The van der Waals surface area contributed by atoms with Crippen molar-refractivity contribution in [2.45, 2.75) is 0 Å². The molecule has 0 bridgehead atoms. The fourth-order valence-corrected chi connectivity index (χ4v) is 1.50. The summed E-state index contributed by atoms with van der Waals surface area (Å²) < 4.78 is 38.8. The lowest BCUT2D eigenvalue weighted by molar-refractivity contribution is -0.131. The van der Waals surface area contributed by atoms with Gasteiger partial charge in [0.05, 0.1) is 7.11 Å². The number of rotatable bonds is 5. The lowest BCUT2D eigenvalue weighted by Gasteiger charge is -2.08. The molecule has 1 rings (SSSR count). The van der Waals surface area contributed by atoms with E-state index in [1.54, 1.807) is 0 Å². The third-order valence-electron chi connectivity index (χ3n) is 1.80. The van der Waals surface area contributed by atoms with E-state index >= 15 is 0 Å². The van der Waals surface area contributed by atoms with Gasteiger partial charge in [0.2, 0.25) is 0 Å². The molecule has 8 heteroatoms. The monoisotopic (exact) mass is 274 g/mol. The van der Waals surface area contributed by atoms with Crippen molar-refractivity contribution in [2.24, 2.45) is 0 Å². The summed E-state index contributed by atoms with van der Waals surface area (Å²) >= 11 is 0. The molecule has 0 unspecified atom stereocenters. The van der Waals surface area contributed by atoms with Crippen LogP contribution in [0.3, 0.4) is 0 Å². The second-order valence-electron chi connectivity index (χ2n) is 3.09. The Balaban J connectivity index is 3.07. The fraction of sp³-hybridized carbons (Fsp3) is 0.100. The van der Waals surface area contributed by atoms with Crippen molar-refractivity contribution in [1.29, 1.82) is 0 Å². The maximum Gasteiger partial charge on any atom is 0.446 e. The van der Waals surface area contributed by atoms with Crippen LogP contribution in [0.2, 0.25) is 0 Å². The summed E-state index contributed by atoms with van der Waals surface area (Å²) in [7, 11) is -3.37. The summed E-state index contributed by atoms with van der Waals surface area (Å²) in [6.07, 6.45) is 2.21. The van der Waals surface area contributed by atoms with Crippen LogP contribution < -0.4 is 8.92 Å². The van der Waals surface area contributed by atoms with Crippen LogP contribution in [0.1, 0.15) is 5.56 Å². The molecule has 0 fully saturated rings. The lowest BCUT2D eigenvalue weighted by Crippen LogP contribution is -2.07. The van der Waals surface area contributed by atoms with E-state index in [1.165, 1.54) is 31.4 Å². The Morgan fingerprint density at radius 2 is 2.00 bits per heavy atom. The molecule has 0 atom stereocenters. The Labute approximate surface area is 103 Å². The SMILES string of the molecule is COc1cc(/C=C/C(=O)O)ccc1OS(=O)(=O)O. The Morgan fingerprint density at radius 1 is 1.33 bits per heavy atom. The van der Waals surface area contributed by atoms with Gasteiger partial charge < -0.3 is 14.0 Å². The Morgan fingerprint density at radius 3 is 2.50 bits per heavy atom. The largest absolute Gasteiger partial charge is 0.493 e. The maximum absolute atomic E-state index is 10.6. The standard InChI is InChI=1S/C10H10O7S/c1-16-9-6-7(3-5-10(11)12)2-4-8(9)17-18(13,14)15/h2-6H,1H3,(H,11,12)(H,13,14,15)/b5-3+. The van der Waals surface area contributed by atoms with Crippen molar-refractivity contribution < 1.29 is 31.8 Å². The van der Waals surface area contributed by atoms with Crippen molar-refractivity contribution >= 4 is 22.4 Å². The molecule has 98 valence electrons. The number of hydrogen-bond donors (Lipinski definition) is 2. The molecule has 0 aliphatic carbocycles. The van der Waals surface area contributed by atoms with Gasteiger partial charge in [-0.3, -0.25) is 4.55 Å². The van der Waals surface area contributed by atoms with E-state index in [0.717, 1.165) is 6.08 Å². The minimum absolute atomic E-state index is 0.0418. The number of carbonyl (C=O) groups is 1. The summed E-state index contributed by atoms with van der Waals surface area (Å²) in [6.45, 7) is 0. The third kappa shape index (κ3) is 4.44. The van der Waals surface area contributed by atoms with Gasteiger partial charge in [0.1, 0.15) is 0 Å². The van der Waals surface area contributed by atoms with Gasteiger partial charge in [0, 0.05) is 6.08 Å². The van der Waals surface area contributed by atoms with Gasteiger partial charge in [-0.15, -0.1) is 0 Å². The van der Waals surface area contributed by atoms with Crippen LogP contribution in [0.25, 0.3) is 6.08 Å². The predicted molar refractivity (Wildman–Crippen MR) is 61.8 cm³/mol. The highest BCUT2D eigenvalue weighted by Crippen LogP contribution is 2.29. The van der Waals surface area contributed by atoms with E-state index in [0.29, 0.717) is 5.56 Å². The maximum atomic E-state index is 10.6. The van der Waals surface area contributed by atoms with Crippen LogP contribution in [0.5, 0.6) is 11.5 Å². The van der Waals surface area contributed by atoms with Gasteiger partial charge in [0.25, 0.3) is 0 Å². The van der Waals surface area contributed by atoms with Gasteiger partial charge >= 0.3 is 16.4 Å². The molecule has 0 amide bonds. The van der Waals surface area contributed by atoms with Crippen molar-refractivity contribution in [1.82, 2.24) is 0 Å². The van der Waals surface area contributed by atoms with E-state index in [4.69, 9.17) is 14.4 Å². The fourth-order valence-electron chi connectivity index (χ4n) is 1.14. The smallest absolute Gasteiger partial charge is 0.446 e. The molecular formula is C10H10O7S. The number of aliphatic carboxylic acids is 1. The Kier molecular flexibility index (Phi) is 4.29. The van der Waals surface area contributed by atoms with E-state index in [2.05, 4.69) is 4.18 Å². The van der Waals surface area contributed by atoms with Crippen LogP contribution in [0.4, 0.5) is 0 Å². The number of ether oxygens (including phenoxy) is 1. The summed E-state index contributed by atoms with van der Waals surface area (Å²) in [5, 5.41) is 8.45. The van der Waals surface area contributed by atoms with Crippen LogP contribution in [0.15, 0.2) is 24.3 Å². The number of hydrogen-bond acceptors (Lipinski definition) is 5. The van der Waals surface area contributed by atoms with Crippen LogP contribution in [0, 0.1) is 0 Å². The average Bonchev–Trinajstić information content (AvgIpc) is 2.25. The summed E-state index contributed by atoms with van der Waals surface area (Å²) in [5.74, 6) is -1.28. The van der Waals surface area contributed by atoms with Crippen molar-refractivity contribution in [3.63, 3.8) is 0 Å². The van der Waals surface area contributed by atoms with Crippen molar-refractivity contribution in [3.8, 4) is 11.5 Å². The molecular weight excluding hydrogens is 264 g/mol. The van der Waals surface area contributed by atoms with E-state index < -0.39 is 16.4 Å². The molecule has 0 aliphatic rings. The lowest BCUT2D eigenvalue weighted by atomic mass is 10.2. The zero-order valence-corrected chi connectivity index (χ0v) is 10.0. The number of methoxy groups -OCH3 is 1. The average molecular weight is 274 g/mol. The zero-order chi connectivity index (χ0) is 13.8.